The molecule has 0 aliphatic heterocycles. The lowest BCUT2D eigenvalue weighted by Crippen LogP contribution is -2.29. The van der Waals surface area contributed by atoms with Gasteiger partial charge >= 0.3 is 0 Å². The SMILES string of the molecule is CCC(NC1=CC(=O)c2ccccc2C1=O)c1ccccc1. The molecule has 1 unspecified atom stereocenters. The number of hydrogen-bond acceptors (Lipinski definition) is 3. The Morgan fingerprint density at radius 2 is 1.55 bits per heavy atom. The van der Waals surface area contributed by atoms with E-state index in [9.17, 15) is 9.59 Å². The van der Waals surface area contributed by atoms with Gasteiger partial charge in [-0.25, -0.2) is 0 Å². The molecule has 1 N–H and O–H groups in total. The highest BCUT2D eigenvalue weighted by atomic mass is 16.1. The van der Waals surface area contributed by atoms with Crippen LogP contribution in [0.25, 0.3) is 0 Å². The molecule has 22 heavy (non-hydrogen) atoms. The number of carbonyl (C=O) groups excluding carboxylic acids is 2. The number of hydrogen-bond donors (Lipinski definition) is 1. The molecule has 3 rings (SSSR count). The number of Topliss-reactive ketones (excluding diaryl/α,β-unsaturated/α-hetero) is 1. The number of allylic oxidation sites excluding steroid dienone is 2. The third-order valence-corrected chi connectivity index (χ3v) is 3.90. The molecule has 3 nitrogen and oxygen atoms in total. The number of nitrogens with one attached hydrogen (secondary N) is 1. The maximum atomic E-state index is 12.6. The van der Waals surface area contributed by atoms with Crippen LogP contribution in [0.5, 0.6) is 0 Å². The first-order valence-corrected chi connectivity index (χ1v) is 7.42. The van der Waals surface area contributed by atoms with Gasteiger partial charge in [-0.05, 0) is 12.0 Å². The van der Waals surface area contributed by atoms with Crippen LogP contribution >= 0.6 is 0 Å². The van der Waals surface area contributed by atoms with E-state index in [0.717, 1.165) is 12.0 Å². The van der Waals surface area contributed by atoms with E-state index in [1.54, 1.807) is 24.3 Å². The van der Waals surface area contributed by atoms with E-state index in [1.807, 2.05) is 37.3 Å². The van der Waals surface area contributed by atoms with Gasteiger partial charge in [-0.3, -0.25) is 9.59 Å². The second kappa shape index (κ2) is 5.98. The number of benzene rings is 2. The molecule has 0 fully saturated rings. The molecule has 1 atom stereocenters. The molecule has 0 spiro atoms. The molecule has 0 heterocycles. The molecule has 2 aromatic carbocycles. The fraction of sp³-hybridized carbons (Fsp3) is 0.158. The monoisotopic (exact) mass is 291 g/mol. The summed E-state index contributed by atoms with van der Waals surface area (Å²) in [5.74, 6) is -0.245. The molecular formula is C19H17NO2. The molecule has 1 aliphatic rings. The van der Waals surface area contributed by atoms with Crippen molar-refractivity contribution in [3.8, 4) is 0 Å². The van der Waals surface area contributed by atoms with Crippen LogP contribution in [0.1, 0.15) is 45.7 Å². The van der Waals surface area contributed by atoms with Crippen molar-refractivity contribution >= 4 is 11.6 Å². The lowest BCUT2D eigenvalue weighted by atomic mass is 9.92. The van der Waals surface area contributed by atoms with Crippen LogP contribution in [0, 0.1) is 0 Å². The largest absolute Gasteiger partial charge is 0.375 e. The number of rotatable bonds is 4. The summed E-state index contributed by atoms with van der Waals surface area (Å²) in [7, 11) is 0. The Balaban J connectivity index is 1.90. The van der Waals surface area contributed by atoms with Crippen molar-refractivity contribution in [3.63, 3.8) is 0 Å². The van der Waals surface area contributed by atoms with Gasteiger partial charge in [0.2, 0.25) is 5.78 Å². The van der Waals surface area contributed by atoms with E-state index in [1.165, 1.54) is 6.08 Å². The minimum absolute atomic E-state index is 0.00876. The maximum absolute atomic E-state index is 12.6. The minimum atomic E-state index is -0.124. The molecule has 0 aromatic heterocycles. The standard InChI is InChI=1S/C19H17NO2/c1-2-16(13-8-4-3-5-9-13)20-17-12-18(21)14-10-6-7-11-15(14)19(17)22/h3-12,16,20H,2H2,1H3. The van der Waals surface area contributed by atoms with Crippen LogP contribution in [0.4, 0.5) is 0 Å². The molecule has 0 saturated heterocycles. The average molecular weight is 291 g/mol. The molecular weight excluding hydrogens is 274 g/mol. The second-order valence-corrected chi connectivity index (χ2v) is 5.31. The zero-order chi connectivity index (χ0) is 15.5. The van der Waals surface area contributed by atoms with E-state index in [4.69, 9.17) is 0 Å². The minimum Gasteiger partial charge on any atom is -0.375 e. The quantitative estimate of drug-likeness (QED) is 0.934. The summed E-state index contributed by atoms with van der Waals surface area (Å²) in [6, 6.07) is 16.9. The van der Waals surface area contributed by atoms with Crippen LogP contribution in [0.3, 0.4) is 0 Å². The van der Waals surface area contributed by atoms with Gasteiger partial charge in [0.1, 0.15) is 0 Å². The fourth-order valence-electron chi connectivity index (χ4n) is 2.72. The Bertz CT molecular complexity index is 747. The Labute approximate surface area is 129 Å². The fourth-order valence-corrected chi connectivity index (χ4v) is 2.72. The predicted molar refractivity (Wildman–Crippen MR) is 85.8 cm³/mol. The van der Waals surface area contributed by atoms with Crippen molar-refractivity contribution < 1.29 is 9.59 Å². The Morgan fingerprint density at radius 1 is 0.909 bits per heavy atom. The molecule has 2 aromatic rings. The van der Waals surface area contributed by atoms with Gasteiger partial charge in [-0.2, -0.15) is 0 Å². The Morgan fingerprint density at radius 3 is 2.23 bits per heavy atom. The van der Waals surface area contributed by atoms with Crippen molar-refractivity contribution in [1.29, 1.82) is 0 Å². The molecule has 0 saturated carbocycles. The molecule has 3 heteroatoms. The number of carbonyl (C=O) groups is 2. The van der Waals surface area contributed by atoms with Gasteiger partial charge in [0.15, 0.2) is 5.78 Å². The van der Waals surface area contributed by atoms with Crippen LogP contribution in [0.2, 0.25) is 0 Å². The Hall–Kier alpha value is -2.68. The summed E-state index contributed by atoms with van der Waals surface area (Å²) >= 11 is 0. The van der Waals surface area contributed by atoms with Crippen LogP contribution in [0.15, 0.2) is 66.4 Å². The summed E-state index contributed by atoms with van der Waals surface area (Å²) in [5.41, 5.74) is 2.43. The van der Waals surface area contributed by atoms with E-state index >= 15 is 0 Å². The van der Waals surface area contributed by atoms with Crippen molar-refractivity contribution in [2.45, 2.75) is 19.4 Å². The van der Waals surface area contributed by atoms with Crippen molar-refractivity contribution in [1.82, 2.24) is 5.32 Å². The molecule has 0 amide bonds. The van der Waals surface area contributed by atoms with Crippen molar-refractivity contribution in [3.05, 3.63) is 83.1 Å². The maximum Gasteiger partial charge on any atom is 0.209 e. The highest BCUT2D eigenvalue weighted by Gasteiger charge is 2.26. The smallest absolute Gasteiger partial charge is 0.209 e. The summed E-state index contributed by atoms with van der Waals surface area (Å²) < 4.78 is 0. The van der Waals surface area contributed by atoms with Gasteiger partial charge in [0, 0.05) is 17.2 Å². The zero-order valence-electron chi connectivity index (χ0n) is 12.4. The van der Waals surface area contributed by atoms with E-state index < -0.39 is 0 Å². The first-order valence-electron chi connectivity index (χ1n) is 7.42. The summed E-state index contributed by atoms with van der Waals surface area (Å²) in [4.78, 5) is 24.7. The van der Waals surface area contributed by atoms with Gasteiger partial charge < -0.3 is 5.32 Å². The zero-order valence-corrected chi connectivity index (χ0v) is 12.4. The molecule has 1 aliphatic carbocycles. The average Bonchev–Trinajstić information content (AvgIpc) is 2.57. The normalized spacial score (nSPS) is 15.0. The van der Waals surface area contributed by atoms with Crippen LogP contribution in [-0.2, 0) is 0 Å². The Kier molecular flexibility index (Phi) is 3.88. The third kappa shape index (κ3) is 2.58. The predicted octanol–water partition coefficient (Wildman–Crippen LogP) is 3.69. The highest BCUT2D eigenvalue weighted by molar-refractivity contribution is 6.24. The topological polar surface area (TPSA) is 46.2 Å². The molecule has 110 valence electrons. The van der Waals surface area contributed by atoms with Crippen molar-refractivity contribution in [2.75, 3.05) is 0 Å². The van der Waals surface area contributed by atoms with E-state index in [0.29, 0.717) is 16.8 Å². The third-order valence-electron chi connectivity index (χ3n) is 3.90. The first-order chi connectivity index (χ1) is 10.7. The van der Waals surface area contributed by atoms with Crippen LogP contribution < -0.4 is 5.32 Å². The first kappa shape index (κ1) is 14.3. The number of ketones is 2. The van der Waals surface area contributed by atoms with Gasteiger partial charge in [-0.15, -0.1) is 0 Å². The lowest BCUT2D eigenvalue weighted by Gasteiger charge is -2.23. The number of fused-ring (bicyclic) bond motifs is 1. The summed E-state index contributed by atoms with van der Waals surface area (Å²) in [6.07, 6.45) is 2.24. The van der Waals surface area contributed by atoms with Crippen molar-refractivity contribution in [2.24, 2.45) is 0 Å². The van der Waals surface area contributed by atoms with Crippen LogP contribution in [-0.4, -0.2) is 11.6 Å². The van der Waals surface area contributed by atoms with E-state index in [2.05, 4.69) is 5.32 Å². The summed E-state index contributed by atoms with van der Waals surface area (Å²) in [6.45, 7) is 2.05. The van der Waals surface area contributed by atoms with Gasteiger partial charge in [0.05, 0.1) is 11.7 Å². The van der Waals surface area contributed by atoms with Gasteiger partial charge in [-0.1, -0.05) is 61.5 Å². The van der Waals surface area contributed by atoms with Gasteiger partial charge in [0.25, 0.3) is 0 Å². The molecule has 0 radical (unpaired) electrons. The lowest BCUT2D eigenvalue weighted by molar-refractivity contribution is 0.0976. The highest BCUT2D eigenvalue weighted by Crippen LogP contribution is 2.23. The van der Waals surface area contributed by atoms with E-state index in [-0.39, 0.29) is 17.6 Å². The molecule has 0 bridgehead atoms. The second-order valence-electron chi connectivity index (χ2n) is 5.31. The summed E-state index contributed by atoms with van der Waals surface area (Å²) in [5, 5.41) is 3.23.